The van der Waals surface area contributed by atoms with Gasteiger partial charge in [0.2, 0.25) is 0 Å². The van der Waals surface area contributed by atoms with E-state index in [1.807, 2.05) is 36.1 Å². The second-order valence-corrected chi connectivity index (χ2v) is 5.74. The normalized spacial score (nSPS) is 12.6. The number of nitrogens with zero attached hydrogens (tertiary/aromatic N) is 2. The van der Waals surface area contributed by atoms with E-state index in [-0.39, 0.29) is 6.04 Å². The van der Waals surface area contributed by atoms with Gasteiger partial charge in [0.1, 0.15) is 0 Å². The Kier molecular flexibility index (Phi) is 5.02. The molecular weight excluding hydrogens is 326 g/mol. The minimum atomic E-state index is 0.213. The van der Waals surface area contributed by atoms with Crippen molar-refractivity contribution >= 4 is 27.5 Å². The van der Waals surface area contributed by atoms with E-state index in [1.54, 1.807) is 0 Å². The lowest BCUT2D eigenvalue weighted by Crippen LogP contribution is -2.25. The Hall–Kier alpha value is -0.840. The van der Waals surface area contributed by atoms with Crippen LogP contribution in [0.2, 0.25) is 5.02 Å². The highest BCUT2D eigenvalue weighted by Crippen LogP contribution is 2.26. The minimum absolute atomic E-state index is 0.213. The second-order valence-electron chi connectivity index (χ2n) is 4.45. The molecule has 3 nitrogen and oxygen atoms in total. The summed E-state index contributed by atoms with van der Waals surface area (Å²) in [7, 11) is 1.96. The Morgan fingerprint density at radius 3 is 2.84 bits per heavy atom. The van der Waals surface area contributed by atoms with Crippen LogP contribution in [-0.4, -0.2) is 16.3 Å². The van der Waals surface area contributed by atoms with Gasteiger partial charge in [0.05, 0.1) is 22.4 Å². The number of benzene rings is 1. The molecule has 0 aliphatic heterocycles. The van der Waals surface area contributed by atoms with E-state index >= 15 is 0 Å². The molecule has 0 saturated carbocycles. The van der Waals surface area contributed by atoms with Gasteiger partial charge in [-0.2, -0.15) is 5.10 Å². The number of likely N-dealkylation sites (N-methyl/N-ethyl adjacent to an activating group) is 1. The van der Waals surface area contributed by atoms with Gasteiger partial charge in [0.15, 0.2) is 0 Å². The largest absolute Gasteiger partial charge is 0.309 e. The van der Waals surface area contributed by atoms with Crippen LogP contribution >= 0.6 is 27.5 Å². The summed E-state index contributed by atoms with van der Waals surface area (Å²) in [6, 6.07) is 8.20. The number of halogens is 2. The monoisotopic (exact) mass is 341 g/mol. The van der Waals surface area contributed by atoms with Crippen molar-refractivity contribution in [2.24, 2.45) is 7.05 Å². The summed E-state index contributed by atoms with van der Waals surface area (Å²) in [5.41, 5.74) is 2.37. The third kappa shape index (κ3) is 3.59. The average molecular weight is 343 g/mol. The van der Waals surface area contributed by atoms with Gasteiger partial charge in [-0.1, -0.05) is 30.7 Å². The quantitative estimate of drug-likeness (QED) is 0.897. The fourth-order valence-electron chi connectivity index (χ4n) is 2.22. The van der Waals surface area contributed by atoms with Gasteiger partial charge < -0.3 is 5.32 Å². The summed E-state index contributed by atoms with van der Waals surface area (Å²) in [4.78, 5) is 0. The first kappa shape index (κ1) is 14.6. The van der Waals surface area contributed by atoms with Crippen molar-refractivity contribution in [3.05, 3.63) is 51.2 Å². The second kappa shape index (κ2) is 6.55. The van der Waals surface area contributed by atoms with Crippen molar-refractivity contribution in [1.82, 2.24) is 15.1 Å². The number of rotatable bonds is 5. The lowest BCUT2D eigenvalue weighted by atomic mass is 10.0. The Labute approximate surface area is 127 Å². The van der Waals surface area contributed by atoms with Crippen molar-refractivity contribution in [3.8, 4) is 0 Å². The number of aryl methyl sites for hydroxylation is 1. The van der Waals surface area contributed by atoms with Crippen LogP contribution in [0, 0.1) is 0 Å². The van der Waals surface area contributed by atoms with Gasteiger partial charge in [-0.05, 0) is 46.6 Å². The molecule has 0 bridgehead atoms. The van der Waals surface area contributed by atoms with Crippen molar-refractivity contribution in [2.45, 2.75) is 19.4 Å². The van der Waals surface area contributed by atoms with Crippen molar-refractivity contribution in [3.63, 3.8) is 0 Å². The van der Waals surface area contributed by atoms with Crippen molar-refractivity contribution in [2.75, 3.05) is 6.54 Å². The van der Waals surface area contributed by atoms with Crippen LogP contribution < -0.4 is 5.32 Å². The van der Waals surface area contributed by atoms with E-state index in [9.17, 15) is 0 Å². The van der Waals surface area contributed by atoms with E-state index in [2.05, 4.69) is 39.3 Å². The Morgan fingerprint density at radius 1 is 1.47 bits per heavy atom. The zero-order chi connectivity index (χ0) is 13.8. The molecule has 19 heavy (non-hydrogen) atoms. The highest BCUT2D eigenvalue weighted by atomic mass is 79.9. The maximum absolute atomic E-state index is 6.05. The van der Waals surface area contributed by atoms with Crippen LogP contribution in [0.5, 0.6) is 0 Å². The number of aromatic nitrogens is 2. The molecule has 1 aromatic heterocycles. The zero-order valence-corrected chi connectivity index (χ0v) is 13.4. The molecule has 1 atom stereocenters. The molecular formula is C14H17BrClN3. The van der Waals surface area contributed by atoms with Crippen molar-refractivity contribution in [1.29, 1.82) is 0 Å². The van der Waals surface area contributed by atoms with E-state index < -0.39 is 0 Å². The fraction of sp³-hybridized carbons (Fsp3) is 0.357. The van der Waals surface area contributed by atoms with E-state index in [1.165, 1.54) is 5.56 Å². The molecule has 0 aliphatic rings. The van der Waals surface area contributed by atoms with E-state index in [0.717, 1.165) is 28.2 Å². The molecule has 0 amide bonds. The topological polar surface area (TPSA) is 29.9 Å². The zero-order valence-electron chi connectivity index (χ0n) is 11.0. The first-order valence-corrected chi connectivity index (χ1v) is 7.44. The summed E-state index contributed by atoms with van der Waals surface area (Å²) >= 11 is 9.61. The third-order valence-electron chi connectivity index (χ3n) is 3.05. The molecule has 1 N–H and O–H groups in total. The Bertz CT molecular complexity index is 534. The molecule has 2 rings (SSSR count). The molecule has 0 spiro atoms. The summed E-state index contributed by atoms with van der Waals surface area (Å²) in [6.07, 6.45) is 2.71. The molecule has 0 saturated heterocycles. The highest BCUT2D eigenvalue weighted by molar-refractivity contribution is 9.10. The van der Waals surface area contributed by atoms with Crippen LogP contribution in [0.15, 0.2) is 34.9 Å². The van der Waals surface area contributed by atoms with Crippen LogP contribution in [0.4, 0.5) is 0 Å². The average Bonchev–Trinajstić information content (AvgIpc) is 2.69. The molecule has 1 unspecified atom stereocenters. The van der Waals surface area contributed by atoms with Crippen LogP contribution in [0.25, 0.3) is 0 Å². The minimum Gasteiger partial charge on any atom is -0.309 e. The molecule has 0 radical (unpaired) electrons. The van der Waals surface area contributed by atoms with E-state index in [4.69, 9.17) is 11.6 Å². The van der Waals surface area contributed by atoms with Crippen molar-refractivity contribution < 1.29 is 0 Å². The first-order valence-electron chi connectivity index (χ1n) is 6.27. The molecule has 5 heteroatoms. The van der Waals surface area contributed by atoms with Crippen LogP contribution in [-0.2, 0) is 13.5 Å². The van der Waals surface area contributed by atoms with Gasteiger partial charge in [0.25, 0.3) is 0 Å². The summed E-state index contributed by atoms with van der Waals surface area (Å²) in [5.74, 6) is 0. The Balaban J connectivity index is 2.26. The summed E-state index contributed by atoms with van der Waals surface area (Å²) in [6.45, 7) is 3.01. The number of nitrogens with one attached hydrogen (secondary N) is 1. The predicted molar refractivity (Wildman–Crippen MR) is 82.5 cm³/mol. The lowest BCUT2D eigenvalue weighted by molar-refractivity contribution is 0.506. The predicted octanol–water partition coefficient (Wildman–Crippen LogP) is 3.73. The summed E-state index contributed by atoms with van der Waals surface area (Å²) < 4.78 is 2.94. The Morgan fingerprint density at radius 2 is 2.26 bits per heavy atom. The maximum atomic E-state index is 6.05. The molecule has 102 valence electrons. The van der Waals surface area contributed by atoms with Gasteiger partial charge in [-0.15, -0.1) is 0 Å². The third-order valence-corrected chi connectivity index (χ3v) is 3.89. The molecule has 1 heterocycles. The first-order chi connectivity index (χ1) is 9.11. The molecule has 0 fully saturated rings. The van der Waals surface area contributed by atoms with Gasteiger partial charge >= 0.3 is 0 Å². The van der Waals surface area contributed by atoms with Gasteiger partial charge in [-0.25, -0.2) is 0 Å². The maximum Gasteiger partial charge on any atom is 0.0695 e. The lowest BCUT2D eigenvalue weighted by Gasteiger charge is -2.19. The molecule has 0 aliphatic carbocycles. The standard InChI is InChI=1S/C14H17BrClN3/c1-3-17-13(14-12(15)9-18-19(14)2)8-10-5-4-6-11(16)7-10/h4-7,9,13,17H,3,8H2,1-2H3. The van der Waals surface area contributed by atoms with E-state index in [0.29, 0.717) is 0 Å². The fourth-order valence-corrected chi connectivity index (χ4v) is 3.06. The highest BCUT2D eigenvalue weighted by Gasteiger charge is 2.18. The number of hydrogen-bond acceptors (Lipinski definition) is 2. The summed E-state index contributed by atoms with van der Waals surface area (Å²) in [5, 5.41) is 8.56. The van der Waals surface area contributed by atoms with Gasteiger partial charge in [-0.3, -0.25) is 4.68 Å². The smallest absolute Gasteiger partial charge is 0.0695 e. The van der Waals surface area contributed by atoms with Crippen LogP contribution in [0.3, 0.4) is 0 Å². The molecule has 1 aromatic carbocycles. The molecule has 2 aromatic rings. The van der Waals surface area contributed by atoms with Gasteiger partial charge in [0, 0.05) is 12.1 Å². The number of hydrogen-bond donors (Lipinski definition) is 1. The SMILES string of the molecule is CCNC(Cc1cccc(Cl)c1)c1c(Br)cnn1C. The van der Waals surface area contributed by atoms with Crippen LogP contribution in [0.1, 0.15) is 24.2 Å².